The molecule has 1 heterocycles. The molecule has 0 aliphatic carbocycles. The van der Waals surface area contributed by atoms with E-state index in [1.54, 1.807) is 12.1 Å². The molecular weight excluding hydrogens is 296 g/mol. The van der Waals surface area contributed by atoms with Gasteiger partial charge in [0.2, 0.25) is 13.9 Å². The predicted octanol–water partition coefficient (Wildman–Crippen LogP) is 2.62. The maximum absolute atomic E-state index is 11.4. The molecule has 2 aromatic rings. The number of phenolic OH excluding ortho intramolecular Hbond substituents is 1. The molecule has 0 aliphatic rings. The molecule has 2 rings (SSSR count). The van der Waals surface area contributed by atoms with Gasteiger partial charge >= 0.3 is 0 Å². The largest absolute Gasteiger partial charge is 0.506 e. The Morgan fingerprint density at radius 2 is 1.95 bits per heavy atom. The van der Waals surface area contributed by atoms with Gasteiger partial charge in [-0.05, 0) is 29.3 Å². The average Bonchev–Trinajstić information content (AvgIpc) is 2.45. The van der Waals surface area contributed by atoms with Gasteiger partial charge in [-0.15, -0.1) is 0 Å². The van der Waals surface area contributed by atoms with Gasteiger partial charge in [-0.3, -0.25) is 4.79 Å². The predicted molar refractivity (Wildman–Crippen MR) is 91.4 cm³/mol. The molecule has 0 aliphatic heterocycles. The molecule has 0 fully saturated rings. The van der Waals surface area contributed by atoms with Crippen molar-refractivity contribution in [1.82, 2.24) is 4.98 Å². The molecule has 0 saturated carbocycles. The van der Waals surface area contributed by atoms with Gasteiger partial charge in [0.05, 0.1) is 12.1 Å². The maximum Gasteiger partial charge on any atom is 0.248 e. The number of benzene rings is 1. The van der Waals surface area contributed by atoms with Crippen molar-refractivity contribution in [3.05, 3.63) is 40.2 Å². The summed E-state index contributed by atoms with van der Waals surface area (Å²) in [5.41, 5.74) is 7.10. The lowest BCUT2D eigenvalue weighted by molar-refractivity contribution is 0.273. The number of aromatic nitrogens is 1. The standard InChI is InChI=1S/C16H24N2O3Si/c1-16(2,3)22(4,10-17)21-9-11-5-7-13(19)15-12(11)6-8-14(20)18-15/h5-8,19H,9-10,17H2,1-4H3,(H,18,20). The minimum Gasteiger partial charge on any atom is -0.506 e. The first kappa shape index (κ1) is 16.7. The Labute approximate surface area is 131 Å². The highest BCUT2D eigenvalue weighted by Gasteiger charge is 2.40. The number of pyridine rings is 1. The van der Waals surface area contributed by atoms with E-state index in [-0.39, 0.29) is 16.3 Å². The second-order valence-electron chi connectivity index (χ2n) is 6.83. The quantitative estimate of drug-likeness (QED) is 0.756. The van der Waals surface area contributed by atoms with Crippen molar-refractivity contribution in [3.63, 3.8) is 0 Å². The molecule has 6 heteroatoms. The van der Waals surface area contributed by atoms with E-state index in [2.05, 4.69) is 32.3 Å². The number of aromatic hydroxyl groups is 1. The number of hydrogen-bond donors (Lipinski definition) is 3. The second kappa shape index (κ2) is 5.87. The summed E-state index contributed by atoms with van der Waals surface area (Å²) < 4.78 is 6.25. The highest BCUT2D eigenvalue weighted by molar-refractivity contribution is 6.75. The fraction of sp³-hybridized carbons (Fsp3) is 0.438. The first-order valence-corrected chi connectivity index (χ1v) is 9.97. The topological polar surface area (TPSA) is 88.3 Å². The Morgan fingerprint density at radius 3 is 2.55 bits per heavy atom. The van der Waals surface area contributed by atoms with Crippen LogP contribution in [0.5, 0.6) is 5.75 Å². The van der Waals surface area contributed by atoms with Crippen molar-refractivity contribution in [2.75, 3.05) is 6.17 Å². The first-order valence-electron chi connectivity index (χ1n) is 7.36. The number of nitrogens with two attached hydrogens (primary N) is 1. The molecule has 0 bridgehead atoms. The molecule has 22 heavy (non-hydrogen) atoms. The summed E-state index contributed by atoms with van der Waals surface area (Å²) in [5.74, 6) is 0.0612. The molecule has 0 radical (unpaired) electrons. The van der Waals surface area contributed by atoms with Gasteiger partial charge < -0.3 is 20.3 Å². The third-order valence-electron chi connectivity index (χ3n) is 4.49. The summed E-state index contributed by atoms with van der Waals surface area (Å²) >= 11 is 0. The Bertz CT molecular complexity index is 736. The zero-order valence-corrected chi connectivity index (χ0v) is 14.6. The molecule has 0 saturated heterocycles. The van der Waals surface area contributed by atoms with Crippen LogP contribution in [0.2, 0.25) is 11.6 Å². The lowest BCUT2D eigenvalue weighted by Gasteiger charge is -2.38. The van der Waals surface area contributed by atoms with Crippen LogP contribution in [0.15, 0.2) is 29.1 Å². The van der Waals surface area contributed by atoms with E-state index in [0.29, 0.717) is 18.3 Å². The van der Waals surface area contributed by atoms with Gasteiger partial charge in [0.1, 0.15) is 5.75 Å². The van der Waals surface area contributed by atoms with Crippen LogP contribution < -0.4 is 11.3 Å². The number of nitrogens with one attached hydrogen (secondary N) is 1. The van der Waals surface area contributed by atoms with Crippen LogP contribution in [0.25, 0.3) is 10.9 Å². The molecule has 1 aromatic heterocycles. The number of fused-ring (bicyclic) bond motifs is 1. The Hall–Kier alpha value is -1.63. The molecule has 1 atom stereocenters. The lowest BCUT2D eigenvalue weighted by Crippen LogP contribution is -2.51. The van der Waals surface area contributed by atoms with Gasteiger partial charge in [-0.25, -0.2) is 0 Å². The zero-order valence-electron chi connectivity index (χ0n) is 13.6. The molecule has 4 N–H and O–H groups in total. The van der Waals surface area contributed by atoms with Crippen molar-refractivity contribution in [1.29, 1.82) is 0 Å². The number of rotatable bonds is 4. The second-order valence-corrected chi connectivity index (χ2v) is 11.5. The molecule has 5 nitrogen and oxygen atoms in total. The fourth-order valence-electron chi connectivity index (χ4n) is 2.24. The van der Waals surface area contributed by atoms with Crippen LogP contribution in [0.4, 0.5) is 0 Å². The fourth-order valence-corrected chi connectivity index (χ4v) is 3.88. The molecule has 0 amide bonds. The number of phenols is 1. The molecule has 120 valence electrons. The third kappa shape index (κ3) is 3.09. The summed E-state index contributed by atoms with van der Waals surface area (Å²) in [5, 5.41) is 10.7. The van der Waals surface area contributed by atoms with E-state index in [1.165, 1.54) is 6.07 Å². The normalized spacial score (nSPS) is 15.0. The van der Waals surface area contributed by atoms with E-state index in [4.69, 9.17) is 10.2 Å². The number of H-pyrrole nitrogens is 1. The van der Waals surface area contributed by atoms with Gasteiger partial charge in [-0.1, -0.05) is 26.8 Å². The van der Waals surface area contributed by atoms with Crippen molar-refractivity contribution >= 4 is 19.2 Å². The summed E-state index contributed by atoms with van der Waals surface area (Å²) in [7, 11) is -2.08. The van der Waals surface area contributed by atoms with Crippen molar-refractivity contribution in [2.24, 2.45) is 5.73 Å². The van der Waals surface area contributed by atoms with Crippen LogP contribution in [0, 0.1) is 0 Å². The molecule has 1 unspecified atom stereocenters. The van der Waals surface area contributed by atoms with Gasteiger partial charge in [0.25, 0.3) is 0 Å². The van der Waals surface area contributed by atoms with Crippen molar-refractivity contribution in [2.45, 2.75) is 39.0 Å². The van der Waals surface area contributed by atoms with Crippen LogP contribution >= 0.6 is 0 Å². The van der Waals surface area contributed by atoms with Gasteiger partial charge in [0.15, 0.2) is 0 Å². The van der Waals surface area contributed by atoms with Crippen LogP contribution in [-0.4, -0.2) is 24.6 Å². The highest BCUT2D eigenvalue weighted by Crippen LogP contribution is 2.37. The SMILES string of the molecule is CC(C)(C)[Si](C)(CN)OCc1ccc(O)c2[nH]c(=O)ccc12. The van der Waals surface area contributed by atoms with Gasteiger partial charge in [-0.2, -0.15) is 0 Å². The Morgan fingerprint density at radius 1 is 1.27 bits per heavy atom. The molecular formula is C16H24N2O3Si. The first-order chi connectivity index (χ1) is 10.2. The average molecular weight is 320 g/mol. The Kier molecular flexibility index (Phi) is 4.46. The van der Waals surface area contributed by atoms with E-state index < -0.39 is 8.32 Å². The smallest absolute Gasteiger partial charge is 0.248 e. The molecule has 0 spiro atoms. The number of aromatic amines is 1. The lowest BCUT2D eigenvalue weighted by atomic mass is 10.1. The van der Waals surface area contributed by atoms with Crippen LogP contribution in [0.3, 0.4) is 0 Å². The zero-order chi connectivity index (χ0) is 16.5. The summed E-state index contributed by atoms with van der Waals surface area (Å²) in [4.78, 5) is 14.1. The summed E-state index contributed by atoms with van der Waals surface area (Å²) in [6.07, 6.45) is 0.545. The number of hydrogen-bond acceptors (Lipinski definition) is 4. The molecule has 1 aromatic carbocycles. The monoisotopic (exact) mass is 320 g/mol. The summed E-state index contributed by atoms with van der Waals surface area (Å²) in [6, 6.07) is 6.57. The highest BCUT2D eigenvalue weighted by atomic mass is 28.4. The Balaban J connectivity index is 2.37. The van der Waals surface area contributed by atoms with Crippen molar-refractivity contribution in [3.8, 4) is 5.75 Å². The third-order valence-corrected chi connectivity index (χ3v) is 9.22. The van der Waals surface area contributed by atoms with E-state index in [9.17, 15) is 9.90 Å². The maximum atomic E-state index is 11.4. The minimum atomic E-state index is -2.08. The van der Waals surface area contributed by atoms with E-state index in [1.807, 2.05) is 6.07 Å². The van der Waals surface area contributed by atoms with E-state index in [0.717, 1.165) is 10.9 Å². The van der Waals surface area contributed by atoms with Gasteiger partial charge in [0, 0.05) is 17.6 Å². The van der Waals surface area contributed by atoms with Crippen LogP contribution in [0.1, 0.15) is 26.3 Å². The van der Waals surface area contributed by atoms with Crippen molar-refractivity contribution < 1.29 is 9.53 Å². The summed E-state index contributed by atoms with van der Waals surface area (Å²) in [6.45, 7) is 9.01. The minimum absolute atomic E-state index is 0.0305. The van der Waals surface area contributed by atoms with E-state index >= 15 is 0 Å². The van der Waals surface area contributed by atoms with Crippen LogP contribution in [-0.2, 0) is 11.0 Å².